The first-order valence-electron chi connectivity index (χ1n) is 6.11. The molecule has 0 fully saturated rings. The molecule has 0 aliphatic carbocycles. The number of hydrogen-bond donors (Lipinski definition) is 2. The number of nitrogens with one attached hydrogen (secondary N) is 1. The van der Waals surface area contributed by atoms with Gasteiger partial charge in [-0.1, -0.05) is 0 Å². The van der Waals surface area contributed by atoms with Crippen LogP contribution in [0.25, 0.3) is 0 Å². The van der Waals surface area contributed by atoms with Crippen LogP contribution >= 0.6 is 0 Å². The van der Waals surface area contributed by atoms with Crippen LogP contribution in [0.3, 0.4) is 0 Å². The Morgan fingerprint density at radius 1 is 1.45 bits per heavy atom. The Bertz CT molecular complexity index is 715. The summed E-state index contributed by atoms with van der Waals surface area (Å²) >= 11 is 0. The molecule has 3 N–H and O–H groups in total. The molecule has 20 heavy (non-hydrogen) atoms. The van der Waals surface area contributed by atoms with Crippen LogP contribution in [0, 0.1) is 13.8 Å². The van der Waals surface area contributed by atoms with E-state index in [2.05, 4.69) is 9.82 Å². The van der Waals surface area contributed by atoms with Gasteiger partial charge in [-0.05, 0) is 13.8 Å². The Morgan fingerprint density at radius 3 is 2.65 bits per heavy atom. The molecule has 0 aliphatic rings. The number of aryl methyl sites for hydroxylation is 2. The fraction of sp³-hybridized carbons (Fsp3) is 0.417. The monoisotopic (exact) mass is 298 g/mol. The van der Waals surface area contributed by atoms with Gasteiger partial charge in [0.05, 0.1) is 12.7 Å². The molecule has 0 aliphatic heterocycles. The molecule has 2 heterocycles. The summed E-state index contributed by atoms with van der Waals surface area (Å²) in [6.07, 6.45) is 1.64. The second-order valence-corrected chi connectivity index (χ2v) is 6.28. The van der Waals surface area contributed by atoms with Crippen molar-refractivity contribution in [2.75, 3.05) is 0 Å². The van der Waals surface area contributed by atoms with Crippen molar-refractivity contribution in [1.29, 1.82) is 0 Å². The Labute approximate surface area is 117 Å². The van der Waals surface area contributed by atoms with Crippen molar-refractivity contribution in [3.63, 3.8) is 0 Å². The smallest absolute Gasteiger partial charge is 0.244 e. The van der Waals surface area contributed by atoms with Crippen LogP contribution in [0.5, 0.6) is 0 Å². The first-order chi connectivity index (χ1) is 9.35. The molecule has 2 rings (SSSR count). The minimum absolute atomic E-state index is 0.125. The van der Waals surface area contributed by atoms with E-state index in [0.29, 0.717) is 11.5 Å². The van der Waals surface area contributed by atoms with E-state index in [1.807, 2.05) is 6.92 Å². The van der Waals surface area contributed by atoms with Gasteiger partial charge < -0.3 is 10.2 Å². The number of furan rings is 1. The molecule has 7 nitrogen and oxygen atoms in total. The molecule has 8 heteroatoms. The molecule has 0 radical (unpaired) electrons. The second-order valence-electron chi connectivity index (χ2n) is 4.54. The average Bonchev–Trinajstić information content (AvgIpc) is 2.93. The van der Waals surface area contributed by atoms with E-state index in [0.717, 1.165) is 11.3 Å². The zero-order chi connectivity index (χ0) is 14.9. The Morgan fingerprint density at radius 2 is 2.15 bits per heavy atom. The zero-order valence-electron chi connectivity index (χ0n) is 11.7. The summed E-state index contributed by atoms with van der Waals surface area (Å²) in [7, 11) is -1.82. The maximum absolute atomic E-state index is 12.2. The Hall–Kier alpha value is -1.64. The van der Waals surface area contributed by atoms with Crippen LogP contribution in [-0.4, -0.2) is 18.2 Å². The van der Waals surface area contributed by atoms with E-state index < -0.39 is 10.0 Å². The van der Waals surface area contributed by atoms with Gasteiger partial charge in [0.15, 0.2) is 0 Å². The van der Waals surface area contributed by atoms with Crippen molar-refractivity contribution >= 4 is 10.0 Å². The van der Waals surface area contributed by atoms with Crippen LogP contribution in [-0.2, 0) is 30.2 Å². The van der Waals surface area contributed by atoms with Crippen molar-refractivity contribution in [2.24, 2.45) is 12.8 Å². The van der Waals surface area contributed by atoms with E-state index in [1.54, 1.807) is 24.9 Å². The largest absolute Gasteiger partial charge is 0.464 e. The van der Waals surface area contributed by atoms with Gasteiger partial charge in [0.25, 0.3) is 0 Å². The van der Waals surface area contributed by atoms with Gasteiger partial charge in [-0.2, -0.15) is 5.10 Å². The number of hydrogen-bond acceptors (Lipinski definition) is 5. The maximum atomic E-state index is 12.2. The predicted octanol–water partition coefficient (Wildman–Crippen LogP) is 0.567. The third-order valence-electron chi connectivity index (χ3n) is 3.20. The summed E-state index contributed by atoms with van der Waals surface area (Å²) in [5.41, 5.74) is 7.19. The van der Waals surface area contributed by atoms with Crippen LogP contribution < -0.4 is 10.5 Å². The van der Waals surface area contributed by atoms with Gasteiger partial charge >= 0.3 is 0 Å². The normalized spacial score (nSPS) is 12.0. The molecule has 110 valence electrons. The molecular weight excluding hydrogens is 280 g/mol. The lowest BCUT2D eigenvalue weighted by Gasteiger charge is -2.05. The fourth-order valence-corrected chi connectivity index (χ4v) is 3.07. The number of aromatic nitrogens is 2. The first kappa shape index (κ1) is 14.8. The number of nitrogens with zero attached hydrogens (tertiary/aromatic N) is 2. The quantitative estimate of drug-likeness (QED) is 0.840. The number of sulfonamides is 1. The summed E-state index contributed by atoms with van der Waals surface area (Å²) in [6.45, 7) is 3.83. The van der Waals surface area contributed by atoms with Crippen LogP contribution in [0.2, 0.25) is 0 Å². The fourth-order valence-electron chi connectivity index (χ4n) is 1.86. The van der Waals surface area contributed by atoms with Crippen molar-refractivity contribution in [2.45, 2.75) is 31.8 Å². The number of nitrogens with two attached hydrogens (primary N) is 1. The molecule has 0 bridgehead atoms. The topological polar surface area (TPSA) is 103 Å². The Kier molecular flexibility index (Phi) is 3.98. The summed E-state index contributed by atoms with van der Waals surface area (Å²) in [5.74, 6) is 0.779. The van der Waals surface area contributed by atoms with E-state index in [-0.39, 0.29) is 18.0 Å². The maximum Gasteiger partial charge on any atom is 0.244 e. The van der Waals surface area contributed by atoms with E-state index in [1.165, 1.54) is 6.07 Å². The number of rotatable bonds is 5. The predicted molar refractivity (Wildman–Crippen MR) is 73.3 cm³/mol. The highest BCUT2D eigenvalue weighted by atomic mass is 32.2. The van der Waals surface area contributed by atoms with Gasteiger partial charge in [-0.15, -0.1) is 0 Å². The standard InChI is InChI=1S/C12H18N4O3S/c1-8-10(6-14-16(8)3)7-15-20(17,18)12-4-11(5-13)19-9(12)2/h4,6,15H,5,7,13H2,1-3H3. The SMILES string of the molecule is Cc1oc(CN)cc1S(=O)(=O)NCc1cnn(C)c1C. The molecule has 2 aromatic rings. The Balaban J connectivity index is 2.19. The highest BCUT2D eigenvalue weighted by Crippen LogP contribution is 2.20. The highest BCUT2D eigenvalue weighted by Gasteiger charge is 2.21. The summed E-state index contributed by atoms with van der Waals surface area (Å²) in [6, 6.07) is 1.45. The molecule has 0 unspecified atom stereocenters. The molecule has 0 aromatic carbocycles. The first-order valence-corrected chi connectivity index (χ1v) is 7.60. The summed E-state index contributed by atoms with van der Waals surface area (Å²) < 4.78 is 34.0. The van der Waals surface area contributed by atoms with E-state index in [4.69, 9.17) is 10.2 Å². The van der Waals surface area contributed by atoms with Crippen LogP contribution in [0.4, 0.5) is 0 Å². The van der Waals surface area contributed by atoms with Gasteiger partial charge in [0.2, 0.25) is 10.0 Å². The second kappa shape index (κ2) is 5.39. The average molecular weight is 298 g/mol. The van der Waals surface area contributed by atoms with Crippen molar-refractivity contribution in [1.82, 2.24) is 14.5 Å². The zero-order valence-corrected chi connectivity index (χ0v) is 12.5. The minimum Gasteiger partial charge on any atom is -0.464 e. The van der Waals surface area contributed by atoms with Gasteiger partial charge in [-0.3, -0.25) is 4.68 Å². The lowest BCUT2D eigenvalue weighted by Crippen LogP contribution is -2.23. The van der Waals surface area contributed by atoms with E-state index >= 15 is 0 Å². The molecule has 0 saturated carbocycles. The molecule has 0 spiro atoms. The van der Waals surface area contributed by atoms with Gasteiger partial charge in [0, 0.05) is 30.9 Å². The third-order valence-corrected chi connectivity index (χ3v) is 4.71. The van der Waals surface area contributed by atoms with Gasteiger partial charge in [0.1, 0.15) is 16.4 Å². The molecule has 0 atom stereocenters. The van der Waals surface area contributed by atoms with Crippen molar-refractivity contribution < 1.29 is 12.8 Å². The van der Waals surface area contributed by atoms with E-state index in [9.17, 15) is 8.42 Å². The van der Waals surface area contributed by atoms with Crippen LogP contribution in [0.15, 0.2) is 21.6 Å². The lowest BCUT2D eigenvalue weighted by atomic mass is 10.3. The van der Waals surface area contributed by atoms with Crippen molar-refractivity contribution in [3.05, 3.63) is 35.0 Å². The lowest BCUT2D eigenvalue weighted by molar-refractivity contribution is 0.478. The summed E-state index contributed by atoms with van der Waals surface area (Å²) in [4.78, 5) is 0.125. The highest BCUT2D eigenvalue weighted by molar-refractivity contribution is 7.89. The minimum atomic E-state index is -3.62. The molecular formula is C12H18N4O3S. The van der Waals surface area contributed by atoms with Crippen LogP contribution in [0.1, 0.15) is 22.8 Å². The summed E-state index contributed by atoms with van der Waals surface area (Å²) in [5, 5.41) is 4.07. The van der Waals surface area contributed by atoms with Gasteiger partial charge in [-0.25, -0.2) is 13.1 Å². The molecule has 0 amide bonds. The molecule has 0 saturated heterocycles. The molecule has 2 aromatic heterocycles. The van der Waals surface area contributed by atoms with Crippen molar-refractivity contribution in [3.8, 4) is 0 Å². The third kappa shape index (κ3) is 2.77.